The van der Waals surface area contributed by atoms with E-state index < -0.39 is 5.91 Å². The summed E-state index contributed by atoms with van der Waals surface area (Å²) >= 11 is 0. The third-order valence-electron chi connectivity index (χ3n) is 2.66. The molecule has 19 heavy (non-hydrogen) atoms. The normalized spacial score (nSPS) is 10.2. The molecule has 3 N–H and O–H groups in total. The van der Waals surface area contributed by atoms with Gasteiger partial charge in [0.05, 0.1) is 5.69 Å². The van der Waals surface area contributed by atoms with Gasteiger partial charge in [-0.15, -0.1) is 0 Å². The minimum absolute atomic E-state index is 0.255. The second-order valence-electron chi connectivity index (χ2n) is 4.19. The van der Waals surface area contributed by atoms with Crippen LogP contribution in [0.25, 0.3) is 0 Å². The van der Waals surface area contributed by atoms with E-state index in [1.165, 1.54) is 4.68 Å². The van der Waals surface area contributed by atoms with Gasteiger partial charge in [0.2, 0.25) is 5.91 Å². The SMILES string of the molecule is Cc1cc(C(=O)Nc2ccc(C(N)=O)cc2)n(C)n1. The summed E-state index contributed by atoms with van der Waals surface area (Å²) in [7, 11) is 1.71. The summed E-state index contributed by atoms with van der Waals surface area (Å²) < 4.78 is 1.52. The number of hydrogen-bond donors (Lipinski definition) is 2. The Hall–Kier alpha value is -2.63. The van der Waals surface area contributed by atoms with Crippen LogP contribution in [0.2, 0.25) is 0 Å². The number of hydrogen-bond acceptors (Lipinski definition) is 3. The van der Waals surface area contributed by atoms with Crippen molar-refractivity contribution in [2.24, 2.45) is 12.8 Å². The van der Waals surface area contributed by atoms with Gasteiger partial charge in [-0.05, 0) is 37.3 Å². The van der Waals surface area contributed by atoms with Crippen molar-refractivity contribution in [3.63, 3.8) is 0 Å². The monoisotopic (exact) mass is 258 g/mol. The van der Waals surface area contributed by atoms with E-state index in [-0.39, 0.29) is 5.91 Å². The molecule has 1 heterocycles. The second kappa shape index (κ2) is 4.93. The molecule has 0 aliphatic heterocycles. The van der Waals surface area contributed by atoms with Crippen LogP contribution < -0.4 is 11.1 Å². The molecule has 0 bridgehead atoms. The predicted octanol–water partition coefficient (Wildman–Crippen LogP) is 1.08. The molecule has 0 saturated heterocycles. The highest BCUT2D eigenvalue weighted by molar-refractivity contribution is 6.03. The molecule has 0 saturated carbocycles. The highest BCUT2D eigenvalue weighted by Gasteiger charge is 2.12. The van der Waals surface area contributed by atoms with Crippen molar-refractivity contribution in [2.75, 3.05) is 5.32 Å². The number of amides is 2. The molecule has 0 atom stereocenters. The van der Waals surface area contributed by atoms with E-state index in [9.17, 15) is 9.59 Å². The zero-order valence-corrected chi connectivity index (χ0v) is 10.7. The smallest absolute Gasteiger partial charge is 0.273 e. The molecule has 1 aromatic carbocycles. The summed E-state index contributed by atoms with van der Waals surface area (Å²) in [4.78, 5) is 22.9. The van der Waals surface area contributed by atoms with Gasteiger partial charge in [0.25, 0.3) is 5.91 Å². The lowest BCUT2D eigenvalue weighted by Gasteiger charge is -2.05. The Labute approximate surface area is 110 Å². The van der Waals surface area contributed by atoms with Crippen LogP contribution in [0.4, 0.5) is 5.69 Å². The Morgan fingerprint density at radius 2 is 1.89 bits per heavy atom. The third kappa shape index (κ3) is 2.79. The summed E-state index contributed by atoms with van der Waals surface area (Å²) in [6, 6.07) is 8.08. The maximum absolute atomic E-state index is 12.0. The van der Waals surface area contributed by atoms with Crippen LogP contribution in [-0.2, 0) is 7.05 Å². The van der Waals surface area contributed by atoms with Gasteiger partial charge in [0.15, 0.2) is 0 Å². The number of primary amides is 1. The van der Waals surface area contributed by atoms with E-state index in [1.54, 1.807) is 37.4 Å². The van der Waals surface area contributed by atoms with Gasteiger partial charge in [-0.2, -0.15) is 5.10 Å². The largest absolute Gasteiger partial charge is 0.366 e. The molecular formula is C13H14N4O2. The van der Waals surface area contributed by atoms with Gasteiger partial charge in [-0.3, -0.25) is 14.3 Å². The molecule has 98 valence electrons. The first-order valence-corrected chi connectivity index (χ1v) is 5.69. The maximum Gasteiger partial charge on any atom is 0.273 e. The number of rotatable bonds is 3. The Morgan fingerprint density at radius 1 is 1.26 bits per heavy atom. The topological polar surface area (TPSA) is 90.0 Å². The van der Waals surface area contributed by atoms with E-state index >= 15 is 0 Å². The van der Waals surface area contributed by atoms with Gasteiger partial charge < -0.3 is 11.1 Å². The van der Waals surface area contributed by atoms with Crippen LogP contribution in [0.5, 0.6) is 0 Å². The van der Waals surface area contributed by atoms with E-state index in [0.717, 1.165) is 5.69 Å². The van der Waals surface area contributed by atoms with Gasteiger partial charge in [-0.25, -0.2) is 0 Å². The van der Waals surface area contributed by atoms with Crippen molar-refractivity contribution < 1.29 is 9.59 Å². The van der Waals surface area contributed by atoms with Crippen LogP contribution in [-0.4, -0.2) is 21.6 Å². The number of anilines is 1. The molecule has 2 rings (SSSR count). The molecule has 0 spiro atoms. The fourth-order valence-electron chi connectivity index (χ4n) is 1.74. The average Bonchev–Trinajstić information content (AvgIpc) is 2.69. The Bertz CT molecular complexity index is 629. The summed E-state index contributed by atoms with van der Waals surface area (Å²) in [5.74, 6) is -0.755. The number of benzene rings is 1. The zero-order chi connectivity index (χ0) is 14.0. The lowest BCUT2D eigenvalue weighted by molar-refractivity contribution is 0.0997. The second-order valence-corrected chi connectivity index (χ2v) is 4.19. The van der Waals surface area contributed by atoms with Crippen LogP contribution in [0.1, 0.15) is 26.5 Å². The Balaban J connectivity index is 2.15. The molecule has 2 aromatic rings. The first-order chi connectivity index (χ1) is 8.97. The first-order valence-electron chi connectivity index (χ1n) is 5.69. The van der Waals surface area contributed by atoms with Gasteiger partial charge in [0, 0.05) is 18.3 Å². The number of nitrogens with one attached hydrogen (secondary N) is 1. The highest BCUT2D eigenvalue weighted by Crippen LogP contribution is 2.11. The summed E-state index contributed by atoms with van der Waals surface area (Å²) in [6.07, 6.45) is 0. The fourth-order valence-corrected chi connectivity index (χ4v) is 1.74. The van der Waals surface area contributed by atoms with E-state index in [0.29, 0.717) is 16.9 Å². The molecule has 0 fully saturated rings. The number of nitrogens with zero attached hydrogens (tertiary/aromatic N) is 2. The average molecular weight is 258 g/mol. The number of aromatic nitrogens is 2. The Kier molecular flexibility index (Phi) is 3.33. The van der Waals surface area contributed by atoms with Crippen molar-refractivity contribution in [1.29, 1.82) is 0 Å². The molecule has 6 nitrogen and oxygen atoms in total. The van der Waals surface area contributed by atoms with Crippen molar-refractivity contribution in [1.82, 2.24) is 9.78 Å². The number of nitrogens with two attached hydrogens (primary N) is 1. The number of aryl methyl sites for hydroxylation is 2. The molecule has 1 aromatic heterocycles. The minimum Gasteiger partial charge on any atom is -0.366 e. The lowest BCUT2D eigenvalue weighted by Crippen LogP contribution is -2.16. The quantitative estimate of drug-likeness (QED) is 0.863. The molecule has 6 heteroatoms. The third-order valence-corrected chi connectivity index (χ3v) is 2.66. The maximum atomic E-state index is 12.0. The summed E-state index contributed by atoms with van der Waals surface area (Å²) in [5, 5.41) is 6.83. The predicted molar refractivity (Wildman–Crippen MR) is 70.9 cm³/mol. The van der Waals surface area contributed by atoms with Gasteiger partial charge >= 0.3 is 0 Å². The molecular weight excluding hydrogens is 244 g/mol. The summed E-state index contributed by atoms with van der Waals surface area (Å²) in [5.41, 5.74) is 7.37. The van der Waals surface area contributed by atoms with Crippen LogP contribution in [0, 0.1) is 6.92 Å². The van der Waals surface area contributed by atoms with E-state index in [4.69, 9.17) is 5.73 Å². The fraction of sp³-hybridized carbons (Fsp3) is 0.154. The van der Waals surface area contributed by atoms with Crippen LogP contribution in [0.3, 0.4) is 0 Å². The van der Waals surface area contributed by atoms with Crippen molar-refractivity contribution in [3.8, 4) is 0 Å². The molecule has 0 aliphatic carbocycles. The van der Waals surface area contributed by atoms with Crippen molar-refractivity contribution in [3.05, 3.63) is 47.3 Å². The molecule has 0 unspecified atom stereocenters. The summed E-state index contributed by atoms with van der Waals surface area (Å²) in [6.45, 7) is 1.82. The minimum atomic E-state index is -0.500. The van der Waals surface area contributed by atoms with Crippen LogP contribution >= 0.6 is 0 Å². The zero-order valence-electron chi connectivity index (χ0n) is 10.7. The standard InChI is InChI=1S/C13H14N4O2/c1-8-7-11(17(2)16-8)13(19)15-10-5-3-9(4-6-10)12(14)18/h3-7H,1-2H3,(H2,14,18)(H,15,19). The molecule has 0 aliphatic rings. The lowest BCUT2D eigenvalue weighted by atomic mass is 10.2. The van der Waals surface area contributed by atoms with Crippen molar-refractivity contribution in [2.45, 2.75) is 6.92 Å². The molecule has 0 radical (unpaired) electrons. The number of carbonyl (C=O) groups excluding carboxylic acids is 2. The van der Waals surface area contributed by atoms with Crippen LogP contribution in [0.15, 0.2) is 30.3 Å². The number of carbonyl (C=O) groups is 2. The van der Waals surface area contributed by atoms with Gasteiger partial charge in [-0.1, -0.05) is 0 Å². The van der Waals surface area contributed by atoms with Crippen molar-refractivity contribution >= 4 is 17.5 Å². The first kappa shape index (κ1) is 12.8. The molecule has 2 amide bonds. The van der Waals surface area contributed by atoms with Gasteiger partial charge in [0.1, 0.15) is 5.69 Å². The van der Waals surface area contributed by atoms with E-state index in [1.807, 2.05) is 6.92 Å². The Morgan fingerprint density at radius 3 is 2.37 bits per heavy atom. The van der Waals surface area contributed by atoms with E-state index in [2.05, 4.69) is 10.4 Å². The highest BCUT2D eigenvalue weighted by atomic mass is 16.2.